The van der Waals surface area contributed by atoms with Crippen LogP contribution in [0.2, 0.25) is 0 Å². The highest BCUT2D eigenvalue weighted by Crippen LogP contribution is 2.25. The molecule has 2 heterocycles. The molecule has 0 aliphatic carbocycles. The maximum absolute atomic E-state index is 12.0. The van der Waals surface area contributed by atoms with Crippen molar-refractivity contribution in [1.82, 2.24) is 9.88 Å². The standard InChI is InChI=1S/C29H29N3O3/c33-29(23-7-2-1-3-8-23)35-17-16-34-26-10-4-6-22(18-26)20-32-15-13-25(21-32)31-28-11-5-9-24-19-30-14-12-27(24)28/h1-12,14,18-19,25,31H,13,15-17,20-21H2/t25-/m1/s1. The zero-order valence-corrected chi connectivity index (χ0v) is 19.6. The monoisotopic (exact) mass is 467 g/mol. The maximum atomic E-state index is 12.0. The van der Waals surface area contributed by atoms with Crippen molar-refractivity contribution >= 4 is 22.4 Å². The number of carbonyl (C=O) groups is 1. The SMILES string of the molecule is O=C(OCCOc1cccc(CN2CC[C@@H](Nc3cccc4cnccc34)C2)c1)c1ccccc1. The van der Waals surface area contributed by atoms with Crippen LogP contribution in [0.4, 0.5) is 5.69 Å². The van der Waals surface area contributed by atoms with Gasteiger partial charge in [0.15, 0.2) is 0 Å². The van der Waals surface area contributed by atoms with Crippen molar-refractivity contribution in [2.24, 2.45) is 0 Å². The first-order valence-electron chi connectivity index (χ1n) is 12.0. The number of hydrogen-bond donors (Lipinski definition) is 1. The van der Waals surface area contributed by atoms with Gasteiger partial charge in [-0.3, -0.25) is 9.88 Å². The van der Waals surface area contributed by atoms with Gasteiger partial charge in [0.1, 0.15) is 19.0 Å². The number of hydrogen-bond acceptors (Lipinski definition) is 6. The number of nitrogens with zero attached hydrogens (tertiary/aromatic N) is 2. The van der Waals surface area contributed by atoms with Crippen LogP contribution in [0.15, 0.2) is 91.3 Å². The molecule has 1 aliphatic rings. The van der Waals surface area contributed by atoms with Gasteiger partial charge in [-0.1, -0.05) is 42.5 Å². The number of aromatic nitrogens is 1. The molecule has 1 fully saturated rings. The molecule has 1 aromatic heterocycles. The Bertz CT molecular complexity index is 1270. The van der Waals surface area contributed by atoms with Gasteiger partial charge in [0.05, 0.1) is 5.56 Å². The van der Waals surface area contributed by atoms with Gasteiger partial charge in [-0.15, -0.1) is 0 Å². The first-order valence-corrected chi connectivity index (χ1v) is 12.0. The summed E-state index contributed by atoms with van der Waals surface area (Å²) in [6.45, 7) is 3.43. The van der Waals surface area contributed by atoms with Crippen LogP contribution in [0.25, 0.3) is 10.8 Å². The summed E-state index contributed by atoms with van der Waals surface area (Å²) < 4.78 is 11.1. The molecule has 1 atom stereocenters. The maximum Gasteiger partial charge on any atom is 0.338 e. The number of likely N-dealkylation sites (tertiary alicyclic amines) is 1. The molecule has 0 radical (unpaired) electrons. The summed E-state index contributed by atoms with van der Waals surface area (Å²) in [5, 5.41) is 6.09. The first-order chi connectivity index (χ1) is 17.2. The Morgan fingerprint density at radius 1 is 1.00 bits per heavy atom. The minimum absolute atomic E-state index is 0.210. The number of anilines is 1. The highest BCUT2D eigenvalue weighted by atomic mass is 16.6. The van der Waals surface area contributed by atoms with E-state index in [1.165, 1.54) is 16.6 Å². The fourth-order valence-electron chi connectivity index (χ4n) is 4.51. The van der Waals surface area contributed by atoms with E-state index in [0.29, 0.717) is 18.2 Å². The van der Waals surface area contributed by atoms with Gasteiger partial charge in [-0.05, 0) is 48.4 Å². The number of nitrogens with one attached hydrogen (secondary N) is 1. The fraction of sp³-hybridized carbons (Fsp3) is 0.241. The Morgan fingerprint density at radius 2 is 1.89 bits per heavy atom. The van der Waals surface area contributed by atoms with Crippen molar-refractivity contribution < 1.29 is 14.3 Å². The lowest BCUT2D eigenvalue weighted by atomic mass is 10.1. The quantitative estimate of drug-likeness (QED) is 0.271. The van der Waals surface area contributed by atoms with Crippen LogP contribution in [0.1, 0.15) is 22.3 Å². The molecule has 35 heavy (non-hydrogen) atoms. The smallest absolute Gasteiger partial charge is 0.338 e. The predicted molar refractivity (Wildman–Crippen MR) is 138 cm³/mol. The molecule has 1 N–H and O–H groups in total. The van der Waals surface area contributed by atoms with E-state index in [1.54, 1.807) is 12.1 Å². The molecule has 6 nitrogen and oxygen atoms in total. The van der Waals surface area contributed by atoms with Crippen molar-refractivity contribution in [3.63, 3.8) is 0 Å². The average molecular weight is 468 g/mol. The Kier molecular flexibility index (Phi) is 7.20. The lowest BCUT2D eigenvalue weighted by Crippen LogP contribution is -2.26. The first kappa shape index (κ1) is 22.9. The predicted octanol–water partition coefficient (Wildman–Crippen LogP) is 5.16. The number of benzene rings is 3. The molecule has 1 aliphatic heterocycles. The molecule has 6 heteroatoms. The van der Waals surface area contributed by atoms with Crippen molar-refractivity contribution in [2.45, 2.75) is 19.0 Å². The zero-order valence-electron chi connectivity index (χ0n) is 19.6. The molecule has 178 valence electrons. The van der Waals surface area contributed by atoms with Crippen LogP contribution in [-0.2, 0) is 11.3 Å². The second kappa shape index (κ2) is 11.0. The van der Waals surface area contributed by atoms with E-state index >= 15 is 0 Å². The molecule has 0 amide bonds. The minimum Gasteiger partial charge on any atom is -0.490 e. The van der Waals surface area contributed by atoms with Crippen molar-refractivity contribution in [3.8, 4) is 5.75 Å². The molecule has 5 rings (SSSR count). The van der Waals surface area contributed by atoms with Gasteiger partial charge >= 0.3 is 5.97 Å². The largest absolute Gasteiger partial charge is 0.490 e. The summed E-state index contributed by atoms with van der Waals surface area (Å²) in [5.41, 5.74) is 2.92. The molecular weight excluding hydrogens is 438 g/mol. The van der Waals surface area contributed by atoms with E-state index in [2.05, 4.69) is 51.6 Å². The van der Waals surface area contributed by atoms with E-state index in [-0.39, 0.29) is 12.6 Å². The second-order valence-corrected chi connectivity index (χ2v) is 8.77. The third kappa shape index (κ3) is 5.97. The number of rotatable bonds is 9. The van der Waals surface area contributed by atoms with Gasteiger partial charge < -0.3 is 14.8 Å². The van der Waals surface area contributed by atoms with Crippen molar-refractivity contribution in [1.29, 1.82) is 0 Å². The number of carbonyl (C=O) groups excluding carboxylic acids is 1. The highest BCUT2D eigenvalue weighted by Gasteiger charge is 2.23. The third-order valence-electron chi connectivity index (χ3n) is 6.21. The van der Waals surface area contributed by atoms with Gasteiger partial charge in [-0.25, -0.2) is 4.79 Å². The summed E-state index contributed by atoms with van der Waals surface area (Å²) in [4.78, 5) is 18.7. The Labute approximate surface area is 205 Å². The Hall–Kier alpha value is -3.90. The van der Waals surface area contributed by atoms with Gasteiger partial charge in [0.2, 0.25) is 0 Å². The summed E-state index contributed by atoms with van der Waals surface area (Å²) in [6.07, 6.45) is 4.85. The van der Waals surface area contributed by atoms with Crippen LogP contribution in [-0.4, -0.2) is 48.2 Å². The van der Waals surface area contributed by atoms with E-state index < -0.39 is 0 Å². The minimum atomic E-state index is -0.333. The van der Waals surface area contributed by atoms with Crippen LogP contribution in [0.5, 0.6) is 5.75 Å². The van der Waals surface area contributed by atoms with Gasteiger partial charge in [0.25, 0.3) is 0 Å². The molecule has 0 unspecified atom stereocenters. The highest BCUT2D eigenvalue weighted by molar-refractivity contribution is 5.93. The van der Waals surface area contributed by atoms with Crippen LogP contribution < -0.4 is 10.1 Å². The average Bonchev–Trinajstić information content (AvgIpc) is 3.34. The Morgan fingerprint density at radius 3 is 2.80 bits per heavy atom. The normalized spacial score (nSPS) is 15.7. The van der Waals surface area contributed by atoms with Crippen LogP contribution in [0, 0.1) is 0 Å². The van der Waals surface area contributed by atoms with E-state index in [4.69, 9.17) is 9.47 Å². The summed E-state index contributed by atoms with van der Waals surface area (Å²) in [5.74, 6) is 0.455. The van der Waals surface area contributed by atoms with Crippen molar-refractivity contribution in [2.75, 3.05) is 31.6 Å². The van der Waals surface area contributed by atoms with E-state index in [9.17, 15) is 4.79 Å². The van der Waals surface area contributed by atoms with E-state index in [0.717, 1.165) is 37.2 Å². The third-order valence-corrected chi connectivity index (χ3v) is 6.21. The molecule has 0 saturated carbocycles. The summed E-state index contributed by atoms with van der Waals surface area (Å²) in [7, 11) is 0. The molecule has 3 aromatic carbocycles. The summed E-state index contributed by atoms with van der Waals surface area (Å²) >= 11 is 0. The number of fused-ring (bicyclic) bond motifs is 1. The van der Waals surface area contributed by atoms with E-state index in [1.807, 2.05) is 42.7 Å². The number of esters is 1. The molecule has 0 spiro atoms. The lowest BCUT2D eigenvalue weighted by molar-refractivity contribution is 0.0450. The number of ether oxygens (including phenoxy) is 2. The zero-order chi connectivity index (χ0) is 23.9. The lowest BCUT2D eigenvalue weighted by Gasteiger charge is -2.19. The molecule has 0 bridgehead atoms. The van der Waals surface area contributed by atoms with Gasteiger partial charge in [0, 0.05) is 54.5 Å². The Balaban J connectivity index is 1.09. The second-order valence-electron chi connectivity index (χ2n) is 8.77. The van der Waals surface area contributed by atoms with Crippen molar-refractivity contribution in [3.05, 3.63) is 102 Å². The molecular formula is C29H29N3O3. The molecule has 4 aromatic rings. The number of pyridine rings is 1. The summed E-state index contributed by atoms with van der Waals surface area (Å²) in [6, 6.07) is 25.9. The molecule has 1 saturated heterocycles. The van der Waals surface area contributed by atoms with Crippen LogP contribution in [0.3, 0.4) is 0 Å². The fourth-order valence-corrected chi connectivity index (χ4v) is 4.51. The van der Waals surface area contributed by atoms with Gasteiger partial charge in [-0.2, -0.15) is 0 Å². The topological polar surface area (TPSA) is 63.7 Å². The van der Waals surface area contributed by atoms with Crippen LogP contribution >= 0.6 is 0 Å².